The van der Waals surface area contributed by atoms with Crippen molar-refractivity contribution in [3.63, 3.8) is 0 Å². The summed E-state index contributed by atoms with van der Waals surface area (Å²) >= 11 is 6.39. The first-order chi connectivity index (χ1) is 18.2. The van der Waals surface area contributed by atoms with E-state index in [1.54, 1.807) is 12.1 Å². The maximum atomic E-state index is 13.5. The number of ketones is 1. The summed E-state index contributed by atoms with van der Waals surface area (Å²) in [6, 6.07) is 17.5. The van der Waals surface area contributed by atoms with Crippen LogP contribution in [0.25, 0.3) is 5.76 Å². The average Bonchev–Trinajstić information content (AvgIpc) is 3.14. The third-order valence-corrected chi connectivity index (χ3v) is 6.78. The summed E-state index contributed by atoms with van der Waals surface area (Å²) in [7, 11) is 5.30. The SMILES string of the molecule is CCOc1ccc(CN2C(=O)C(=O)/C(=C(/O)c3cc(C)cc(Cl)c3OC)C2c2ccc(N(C)C)cc2)cc1. The second-order valence-electron chi connectivity index (χ2n) is 9.32. The molecule has 1 saturated heterocycles. The molecule has 0 saturated carbocycles. The summed E-state index contributed by atoms with van der Waals surface area (Å²) in [5.74, 6) is -0.844. The van der Waals surface area contributed by atoms with Gasteiger partial charge in [-0.25, -0.2) is 0 Å². The van der Waals surface area contributed by atoms with Crippen molar-refractivity contribution in [3.8, 4) is 11.5 Å². The summed E-state index contributed by atoms with van der Waals surface area (Å²) in [6.45, 7) is 4.44. The highest BCUT2D eigenvalue weighted by molar-refractivity contribution is 6.46. The lowest BCUT2D eigenvalue weighted by Gasteiger charge is -2.26. The van der Waals surface area contributed by atoms with Crippen LogP contribution in [0, 0.1) is 6.92 Å². The lowest BCUT2D eigenvalue weighted by molar-refractivity contribution is -0.140. The molecule has 1 aliphatic heterocycles. The van der Waals surface area contributed by atoms with Crippen molar-refractivity contribution in [1.82, 2.24) is 4.90 Å². The third-order valence-electron chi connectivity index (χ3n) is 6.50. The lowest BCUT2D eigenvalue weighted by atomic mass is 9.94. The first kappa shape index (κ1) is 27.1. The van der Waals surface area contributed by atoms with Crippen LogP contribution in [0.1, 0.15) is 35.2 Å². The van der Waals surface area contributed by atoms with Crippen LogP contribution in [0.2, 0.25) is 5.02 Å². The molecule has 1 aliphatic rings. The fourth-order valence-electron chi connectivity index (χ4n) is 4.66. The normalized spacial score (nSPS) is 16.6. The van der Waals surface area contributed by atoms with Gasteiger partial charge in [-0.2, -0.15) is 0 Å². The Morgan fingerprint density at radius 2 is 1.71 bits per heavy atom. The Labute approximate surface area is 227 Å². The Morgan fingerprint density at radius 1 is 1.05 bits per heavy atom. The van der Waals surface area contributed by atoms with Crippen molar-refractivity contribution in [3.05, 3.63) is 93.5 Å². The maximum absolute atomic E-state index is 13.5. The number of carbonyl (C=O) groups is 2. The molecule has 1 atom stereocenters. The van der Waals surface area contributed by atoms with Crippen LogP contribution in [0.5, 0.6) is 11.5 Å². The molecule has 3 aromatic rings. The predicted octanol–water partition coefficient (Wildman–Crippen LogP) is 5.74. The van der Waals surface area contributed by atoms with Gasteiger partial charge in [0.1, 0.15) is 17.3 Å². The minimum atomic E-state index is -0.818. The molecule has 1 N–H and O–H groups in total. The van der Waals surface area contributed by atoms with Crippen molar-refractivity contribution in [1.29, 1.82) is 0 Å². The van der Waals surface area contributed by atoms with Gasteiger partial charge < -0.3 is 24.4 Å². The van der Waals surface area contributed by atoms with Gasteiger partial charge >= 0.3 is 0 Å². The molecular formula is C30H31ClN2O5. The quantitative estimate of drug-likeness (QED) is 0.225. The van der Waals surface area contributed by atoms with Gasteiger partial charge in [0.25, 0.3) is 11.7 Å². The van der Waals surface area contributed by atoms with E-state index in [1.807, 2.05) is 81.4 Å². The van der Waals surface area contributed by atoms with E-state index in [0.29, 0.717) is 17.2 Å². The highest BCUT2D eigenvalue weighted by Crippen LogP contribution is 2.43. The monoisotopic (exact) mass is 534 g/mol. The summed E-state index contributed by atoms with van der Waals surface area (Å²) in [4.78, 5) is 30.3. The van der Waals surface area contributed by atoms with Gasteiger partial charge in [-0.1, -0.05) is 35.9 Å². The predicted molar refractivity (Wildman–Crippen MR) is 149 cm³/mol. The molecule has 0 aromatic heterocycles. The van der Waals surface area contributed by atoms with E-state index >= 15 is 0 Å². The van der Waals surface area contributed by atoms with Gasteiger partial charge in [0.05, 0.1) is 35.9 Å². The molecule has 0 radical (unpaired) electrons. The molecule has 4 rings (SSSR count). The first-order valence-corrected chi connectivity index (χ1v) is 12.7. The minimum Gasteiger partial charge on any atom is -0.507 e. The summed E-state index contributed by atoms with van der Waals surface area (Å²) < 4.78 is 11.0. The van der Waals surface area contributed by atoms with Crippen LogP contribution in [0.15, 0.2) is 66.2 Å². The second-order valence-corrected chi connectivity index (χ2v) is 9.72. The highest BCUT2D eigenvalue weighted by atomic mass is 35.5. The zero-order valence-corrected chi connectivity index (χ0v) is 22.9. The van der Waals surface area contributed by atoms with Gasteiger partial charge in [-0.05, 0) is 66.9 Å². The van der Waals surface area contributed by atoms with Crippen molar-refractivity contribution >= 4 is 34.7 Å². The number of Topliss-reactive ketones (excluding diaryl/α,β-unsaturated/α-hetero) is 1. The number of methoxy groups -OCH3 is 1. The van der Waals surface area contributed by atoms with Crippen LogP contribution < -0.4 is 14.4 Å². The van der Waals surface area contributed by atoms with Crippen LogP contribution in [-0.4, -0.2) is 49.5 Å². The molecular weight excluding hydrogens is 504 g/mol. The van der Waals surface area contributed by atoms with Gasteiger partial charge in [-0.15, -0.1) is 0 Å². The van der Waals surface area contributed by atoms with Gasteiger partial charge in [0.15, 0.2) is 0 Å². The number of likely N-dealkylation sites (tertiary alicyclic amines) is 1. The Balaban J connectivity index is 1.87. The molecule has 0 aliphatic carbocycles. The smallest absolute Gasteiger partial charge is 0.295 e. The molecule has 8 heteroatoms. The van der Waals surface area contributed by atoms with Crippen LogP contribution in [-0.2, 0) is 16.1 Å². The van der Waals surface area contributed by atoms with E-state index in [1.165, 1.54) is 12.0 Å². The Bertz CT molecular complexity index is 1380. The van der Waals surface area contributed by atoms with E-state index in [-0.39, 0.29) is 29.2 Å². The van der Waals surface area contributed by atoms with Crippen LogP contribution >= 0.6 is 11.6 Å². The molecule has 0 bridgehead atoms. The van der Waals surface area contributed by atoms with Crippen LogP contribution in [0.3, 0.4) is 0 Å². The van der Waals surface area contributed by atoms with Crippen molar-refractivity contribution in [2.45, 2.75) is 26.4 Å². The Kier molecular flexibility index (Phi) is 7.97. The number of nitrogens with zero attached hydrogens (tertiary/aromatic N) is 2. The fraction of sp³-hybridized carbons (Fsp3) is 0.267. The van der Waals surface area contributed by atoms with Crippen molar-refractivity contribution in [2.24, 2.45) is 0 Å². The first-order valence-electron chi connectivity index (χ1n) is 12.3. The van der Waals surface area contributed by atoms with Gasteiger partial charge in [0.2, 0.25) is 0 Å². The minimum absolute atomic E-state index is 0.0153. The number of benzene rings is 3. The van der Waals surface area contributed by atoms with E-state index in [2.05, 4.69) is 0 Å². The number of rotatable bonds is 8. The number of hydrogen-bond acceptors (Lipinski definition) is 6. The lowest BCUT2D eigenvalue weighted by Crippen LogP contribution is -2.29. The zero-order valence-electron chi connectivity index (χ0n) is 22.1. The van der Waals surface area contributed by atoms with Crippen LogP contribution in [0.4, 0.5) is 5.69 Å². The number of ether oxygens (including phenoxy) is 2. The number of aliphatic hydroxyl groups excluding tert-OH is 1. The van der Waals surface area contributed by atoms with Crippen molar-refractivity contribution in [2.75, 3.05) is 32.7 Å². The summed E-state index contributed by atoms with van der Waals surface area (Å²) in [5.41, 5.74) is 3.49. The molecule has 1 heterocycles. The second kappa shape index (κ2) is 11.2. The van der Waals surface area contributed by atoms with E-state index in [9.17, 15) is 14.7 Å². The number of hydrogen-bond donors (Lipinski definition) is 1. The van der Waals surface area contributed by atoms with Gasteiger partial charge in [0, 0.05) is 26.3 Å². The standard InChI is InChI=1S/C30H31ClN2O5/c1-6-38-22-13-7-19(8-14-22)17-33-26(20-9-11-21(12-10-20)32(3)4)25(28(35)30(33)36)27(34)23-15-18(2)16-24(31)29(23)37-5/h7-16,26,34H,6,17H2,1-5H3/b27-25+. The molecule has 3 aromatic carbocycles. The zero-order chi connectivity index (χ0) is 27.6. The third kappa shape index (κ3) is 5.20. The average molecular weight is 535 g/mol. The fourth-order valence-corrected chi connectivity index (χ4v) is 5.01. The number of aryl methyl sites for hydroxylation is 1. The molecule has 38 heavy (non-hydrogen) atoms. The summed E-state index contributed by atoms with van der Waals surface area (Å²) in [6.07, 6.45) is 0. The molecule has 1 amide bonds. The van der Waals surface area contributed by atoms with E-state index in [0.717, 1.165) is 22.6 Å². The highest BCUT2D eigenvalue weighted by Gasteiger charge is 2.46. The number of amides is 1. The summed E-state index contributed by atoms with van der Waals surface area (Å²) in [5, 5.41) is 11.8. The molecule has 198 valence electrons. The van der Waals surface area contributed by atoms with Gasteiger partial charge in [-0.3, -0.25) is 9.59 Å². The molecule has 1 fully saturated rings. The molecule has 0 spiro atoms. The number of halogens is 1. The van der Waals surface area contributed by atoms with E-state index < -0.39 is 17.7 Å². The Morgan fingerprint density at radius 3 is 2.29 bits per heavy atom. The molecule has 1 unspecified atom stereocenters. The van der Waals surface area contributed by atoms with Crippen molar-refractivity contribution < 1.29 is 24.2 Å². The largest absolute Gasteiger partial charge is 0.507 e. The number of aliphatic hydroxyl groups is 1. The Hall–Kier alpha value is -3.97. The number of anilines is 1. The number of carbonyl (C=O) groups excluding carboxylic acids is 2. The topological polar surface area (TPSA) is 79.3 Å². The molecule has 7 nitrogen and oxygen atoms in total. The maximum Gasteiger partial charge on any atom is 0.295 e. The van der Waals surface area contributed by atoms with E-state index in [4.69, 9.17) is 21.1 Å².